The molecule has 0 spiro atoms. The molecule has 0 aliphatic rings. The van der Waals surface area contributed by atoms with Crippen LogP contribution in [0.25, 0.3) is 5.69 Å². The van der Waals surface area contributed by atoms with Gasteiger partial charge in [0.25, 0.3) is 5.91 Å². The Hall–Kier alpha value is -2.49. The van der Waals surface area contributed by atoms with Gasteiger partial charge in [-0.25, -0.2) is 4.79 Å². The number of amides is 1. The van der Waals surface area contributed by atoms with Gasteiger partial charge in [-0.15, -0.1) is 16.4 Å². The minimum Gasteiger partial charge on any atom is -0.451 e. The second kappa shape index (κ2) is 8.47. The van der Waals surface area contributed by atoms with Crippen molar-refractivity contribution in [3.63, 3.8) is 0 Å². The number of tetrazole rings is 1. The van der Waals surface area contributed by atoms with Crippen LogP contribution >= 0.6 is 34.5 Å². The summed E-state index contributed by atoms with van der Waals surface area (Å²) in [5.74, 6) is -1.09. The summed E-state index contributed by atoms with van der Waals surface area (Å²) in [6.45, 7) is 1.34. The van der Waals surface area contributed by atoms with E-state index < -0.39 is 18.5 Å². The fourth-order valence-electron chi connectivity index (χ4n) is 2.32. The van der Waals surface area contributed by atoms with Crippen LogP contribution in [0.3, 0.4) is 0 Å². The van der Waals surface area contributed by atoms with E-state index in [1.54, 1.807) is 36.6 Å². The minimum atomic E-state index is -0.636. The van der Waals surface area contributed by atoms with Crippen molar-refractivity contribution in [2.45, 2.75) is 13.0 Å². The summed E-state index contributed by atoms with van der Waals surface area (Å²) < 4.78 is 6.44. The largest absolute Gasteiger partial charge is 0.451 e. The molecule has 140 valence electrons. The number of ether oxygens (including phenoxy) is 1. The Bertz CT molecular complexity index is 961. The fraction of sp³-hybridized carbons (Fsp3) is 0.188. The molecule has 1 N–H and O–H groups in total. The molecule has 0 aliphatic carbocycles. The van der Waals surface area contributed by atoms with Gasteiger partial charge in [0, 0.05) is 10.0 Å². The Morgan fingerprint density at radius 3 is 2.85 bits per heavy atom. The van der Waals surface area contributed by atoms with Crippen LogP contribution in [0.1, 0.15) is 28.2 Å². The average Bonchev–Trinajstić information content (AvgIpc) is 3.30. The van der Waals surface area contributed by atoms with E-state index in [-0.39, 0.29) is 6.04 Å². The number of esters is 1. The van der Waals surface area contributed by atoms with E-state index in [4.69, 9.17) is 27.9 Å². The molecule has 0 fully saturated rings. The standard InChI is InChI=1S/C16H13Cl2N5O3S/c1-9(11-3-2-10(17)6-12(11)18)20-14(24)7-26-16(25)15-13(4-5-27-15)23-8-19-21-22-23/h2-6,8-9H,7H2,1H3,(H,20,24)/t9-/m1/s1. The first-order valence-corrected chi connectivity index (χ1v) is 9.31. The average molecular weight is 426 g/mol. The monoisotopic (exact) mass is 425 g/mol. The Morgan fingerprint density at radius 2 is 2.15 bits per heavy atom. The third kappa shape index (κ3) is 4.62. The molecule has 2 heterocycles. The van der Waals surface area contributed by atoms with Crippen molar-refractivity contribution in [1.29, 1.82) is 0 Å². The lowest BCUT2D eigenvalue weighted by Crippen LogP contribution is -2.31. The molecule has 3 rings (SSSR count). The Balaban J connectivity index is 1.58. The summed E-state index contributed by atoms with van der Waals surface area (Å²) in [5.41, 5.74) is 1.19. The fourth-order valence-corrected chi connectivity index (χ4v) is 3.66. The Kier molecular flexibility index (Phi) is 6.04. The van der Waals surface area contributed by atoms with Crippen molar-refractivity contribution in [2.75, 3.05) is 6.61 Å². The lowest BCUT2D eigenvalue weighted by Gasteiger charge is -2.16. The number of carbonyl (C=O) groups is 2. The van der Waals surface area contributed by atoms with Crippen LogP contribution in [0.15, 0.2) is 36.0 Å². The maximum Gasteiger partial charge on any atom is 0.351 e. The number of nitrogens with one attached hydrogen (secondary N) is 1. The Morgan fingerprint density at radius 1 is 1.33 bits per heavy atom. The van der Waals surface area contributed by atoms with Crippen LogP contribution in [-0.2, 0) is 9.53 Å². The predicted octanol–water partition coefficient (Wildman–Crippen LogP) is 3.06. The van der Waals surface area contributed by atoms with Crippen molar-refractivity contribution in [1.82, 2.24) is 25.5 Å². The Labute approximate surface area is 168 Å². The van der Waals surface area contributed by atoms with Crippen molar-refractivity contribution in [2.24, 2.45) is 0 Å². The van der Waals surface area contributed by atoms with Gasteiger partial charge in [0.05, 0.1) is 11.7 Å². The maximum absolute atomic E-state index is 12.3. The van der Waals surface area contributed by atoms with E-state index in [0.29, 0.717) is 26.2 Å². The van der Waals surface area contributed by atoms with Crippen molar-refractivity contribution in [3.05, 3.63) is 56.5 Å². The van der Waals surface area contributed by atoms with Crippen LogP contribution in [0.5, 0.6) is 0 Å². The van der Waals surface area contributed by atoms with Crippen LogP contribution < -0.4 is 5.32 Å². The van der Waals surface area contributed by atoms with Gasteiger partial charge < -0.3 is 10.1 Å². The van der Waals surface area contributed by atoms with Gasteiger partial charge in [-0.2, -0.15) is 4.68 Å². The molecule has 0 saturated heterocycles. The molecule has 1 aromatic carbocycles. The first-order valence-electron chi connectivity index (χ1n) is 7.68. The van der Waals surface area contributed by atoms with Gasteiger partial charge in [-0.1, -0.05) is 29.3 Å². The van der Waals surface area contributed by atoms with E-state index in [2.05, 4.69) is 20.8 Å². The number of nitrogens with zero attached hydrogens (tertiary/aromatic N) is 4. The molecular formula is C16H13Cl2N5O3S. The lowest BCUT2D eigenvalue weighted by atomic mass is 10.1. The summed E-state index contributed by atoms with van der Waals surface area (Å²) in [4.78, 5) is 24.7. The summed E-state index contributed by atoms with van der Waals surface area (Å²) >= 11 is 13.2. The summed E-state index contributed by atoms with van der Waals surface area (Å²) in [6, 6.07) is 6.31. The second-order valence-electron chi connectivity index (χ2n) is 5.42. The molecule has 1 atom stereocenters. The molecule has 27 heavy (non-hydrogen) atoms. The third-order valence-electron chi connectivity index (χ3n) is 3.57. The molecule has 2 aromatic heterocycles. The predicted molar refractivity (Wildman–Crippen MR) is 100 cm³/mol. The summed E-state index contributed by atoms with van der Waals surface area (Å²) in [5, 5.41) is 16.2. The van der Waals surface area contributed by atoms with Crippen molar-refractivity contribution in [3.8, 4) is 5.69 Å². The summed E-state index contributed by atoms with van der Waals surface area (Å²) in [6.07, 6.45) is 1.36. The van der Waals surface area contributed by atoms with E-state index in [1.165, 1.54) is 22.3 Å². The van der Waals surface area contributed by atoms with E-state index >= 15 is 0 Å². The number of rotatable bonds is 6. The normalized spacial score (nSPS) is 11.8. The quantitative estimate of drug-likeness (QED) is 0.609. The van der Waals surface area contributed by atoms with Gasteiger partial charge in [0.15, 0.2) is 6.61 Å². The number of carbonyl (C=O) groups excluding carboxylic acids is 2. The number of benzene rings is 1. The highest BCUT2D eigenvalue weighted by atomic mass is 35.5. The topological polar surface area (TPSA) is 99.0 Å². The zero-order valence-corrected chi connectivity index (χ0v) is 16.3. The van der Waals surface area contributed by atoms with Crippen LogP contribution in [0.4, 0.5) is 0 Å². The highest BCUT2D eigenvalue weighted by Crippen LogP contribution is 2.26. The highest BCUT2D eigenvalue weighted by Gasteiger charge is 2.19. The number of hydrogen-bond donors (Lipinski definition) is 1. The number of hydrogen-bond acceptors (Lipinski definition) is 7. The van der Waals surface area contributed by atoms with Gasteiger partial charge in [0.1, 0.15) is 11.2 Å². The molecule has 11 heteroatoms. The molecular weight excluding hydrogens is 413 g/mol. The smallest absolute Gasteiger partial charge is 0.351 e. The van der Waals surface area contributed by atoms with Crippen LogP contribution in [0, 0.1) is 0 Å². The number of halogens is 2. The first kappa shape index (κ1) is 19.3. The third-order valence-corrected chi connectivity index (χ3v) is 5.01. The highest BCUT2D eigenvalue weighted by molar-refractivity contribution is 7.12. The lowest BCUT2D eigenvalue weighted by molar-refractivity contribution is -0.124. The van der Waals surface area contributed by atoms with Crippen molar-refractivity contribution >= 4 is 46.4 Å². The SMILES string of the molecule is C[C@@H](NC(=O)COC(=O)c1sccc1-n1cnnn1)c1ccc(Cl)cc1Cl. The minimum absolute atomic E-state index is 0.295. The molecule has 0 bridgehead atoms. The van der Waals surface area contributed by atoms with E-state index in [1.807, 2.05) is 0 Å². The van der Waals surface area contributed by atoms with Crippen LogP contribution in [0.2, 0.25) is 10.0 Å². The zero-order valence-electron chi connectivity index (χ0n) is 13.9. The van der Waals surface area contributed by atoms with Crippen LogP contribution in [-0.4, -0.2) is 38.7 Å². The maximum atomic E-state index is 12.3. The molecule has 8 nitrogen and oxygen atoms in total. The molecule has 0 aliphatic heterocycles. The van der Waals surface area contributed by atoms with E-state index in [0.717, 1.165) is 0 Å². The zero-order chi connectivity index (χ0) is 19.4. The summed E-state index contributed by atoms with van der Waals surface area (Å²) in [7, 11) is 0. The number of aromatic nitrogens is 4. The molecule has 1 amide bonds. The molecule has 0 unspecified atom stereocenters. The van der Waals surface area contributed by atoms with E-state index in [9.17, 15) is 9.59 Å². The first-order chi connectivity index (χ1) is 13.0. The van der Waals surface area contributed by atoms with Crippen molar-refractivity contribution < 1.29 is 14.3 Å². The second-order valence-corrected chi connectivity index (χ2v) is 7.18. The molecule has 0 saturated carbocycles. The van der Waals surface area contributed by atoms with Gasteiger partial charge in [-0.05, 0) is 46.5 Å². The van der Waals surface area contributed by atoms with Gasteiger partial charge in [-0.3, -0.25) is 4.79 Å². The molecule has 3 aromatic rings. The van der Waals surface area contributed by atoms with Gasteiger partial charge in [0.2, 0.25) is 0 Å². The molecule has 0 radical (unpaired) electrons. The number of thiophene rings is 1. The van der Waals surface area contributed by atoms with Gasteiger partial charge >= 0.3 is 5.97 Å².